The van der Waals surface area contributed by atoms with Crippen LogP contribution in [-0.2, 0) is 9.53 Å². The fraction of sp³-hybridized carbons (Fsp3) is 0.929. The Morgan fingerprint density at radius 3 is 2.61 bits per heavy atom. The molecule has 0 heterocycles. The number of nitrogens with zero attached hydrogens (tertiary/aromatic N) is 1. The van der Waals surface area contributed by atoms with E-state index in [0.717, 1.165) is 26.1 Å². The van der Waals surface area contributed by atoms with Gasteiger partial charge in [0.15, 0.2) is 0 Å². The van der Waals surface area contributed by atoms with Crippen LogP contribution < -0.4 is 5.32 Å². The molecule has 0 aromatic rings. The van der Waals surface area contributed by atoms with Crippen molar-refractivity contribution in [1.29, 1.82) is 0 Å². The van der Waals surface area contributed by atoms with Gasteiger partial charge in [-0.3, -0.25) is 9.69 Å². The molecule has 0 spiro atoms. The van der Waals surface area contributed by atoms with Crippen molar-refractivity contribution in [3.63, 3.8) is 0 Å². The Hall–Kier alpha value is -0.610. The van der Waals surface area contributed by atoms with Gasteiger partial charge in [0.2, 0.25) is 0 Å². The highest BCUT2D eigenvalue weighted by molar-refractivity contribution is 5.75. The maximum Gasteiger partial charge on any atom is 0.324 e. The second-order valence-corrected chi connectivity index (χ2v) is 5.11. The molecule has 1 aliphatic carbocycles. The second kappa shape index (κ2) is 8.48. The number of hydrogen-bond donors (Lipinski definition) is 1. The van der Waals surface area contributed by atoms with Gasteiger partial charge < -0.3 is 10.1 Å². The summed E-state index contributed by atoms with van der Waals surface area (Å²) >= 11 is 0. The Labute approximate surface area is 111 Å². The fourth-order valence-corrected chi connectivity index (χ4v) is 2.14. The Bertz CT molecular complexity index is 242. The van der Waals surface area contributed by atoms with Crippen molar-refractivity contribution < 1.29 is 9.53 Å². The molecular formula is C14H28N2O2. The van der Waals surface area contributed by atoms with Crippen LogP contribution in [0.5, 0.6) is 0 Å². The summed E-state index contributed by atoms with van der Waals surface area (Å²) in [4.78, 5) is 14.2. The molecule has 106 valence electrons. The Morgan fingerprint density at radius 1 is 1.39 bits per heavy atom. The molecule has 0 amide bonds. The zero-order chi connectivity index (χ0) is 13.4. The van der Waals surface area contributed by atoms with E-state index in [9.17, 15) is 4.79 Å². The number of hydrogen-bond acceptors (Lipinski definition) is 4. The number of carbonyl (C=O) groups is 1. The molecule has 1 saturated carbocycles. The molecule has 4 heteroatoms. The monoisotopic (exact) mass is 256 g/mol. The number of methoxy groups -OCH3 is 1. The quantitative estimate of drug-likeness (QED) is 0.605. The standard InChI is InChI=1S/C14H28N2O2/c1-4-6-10-16(12-7-8-12)11-13(14(17)18-3)15-9-5-2/h12-13,15H,4-11H2,1-3H3. The fourth-order valence-electron chi connectivity index (χ4n) is 2.14. The SMILES string of the molecule is CCCCN(CC(NCCC)C(=O)OC)C1CC1. The van der Waals surface area contributed by atoms with E-state index in [2.05, 4.69) is 24.1 Å². The smallest absolute Gasteiger partial charge is 0.324 e. The molecule has 1 unspecified atom stereocenters. The predicted octanol–water partition coefficient (Wildman–Crippen LogP) is 1.79. The van der Waals surface area contributed by atoms with Gasteiger partial charge in [0.05, 0.1) is 7.11 Å². The minimum Gasteiger partial charge on any atom is -0.468 e. The van der Waals surface area contributed by atoms with Gasteiger partial charge in [-0.1, -0.05) is 20.3 Å². The van der Waals surface area contributed by atoms with Crippen molar-refractivity contribution in [1.82, 2.24) is 10.2 Å². The summed E-state index contributed by atoms with van der Waals surface area (Å²) in [6.45, 7) is 7.07. The third kappa shape index (κ3) is 5.36. The Balaban J connectivity index is 2.46. The molecule has 4 nitrogen and oxygen atoms in total. The van der Waals surface area contributed by atoms with Gasteiger partial charge in [0, 0.05) is 12.6 Å². The lowest BCUT2D eigenvalue weighted by Crippen LogP contribution is -2.47. The van der Waals surface area contributed by atoms with E-state index in [-0.39, 0.29) is 12.0 Å². The molecule has 18 heavy (non-hydrogen) atoms. The van der Waals surface area contributed by atoms with Crippen LogP contribution in [0.1, 0.15) is 46.0 Å². The minimum atomic E-state index is -0.174. The number of unbranched alkanes of at least 4 members (excludes halogenated alkanes) is 1. The van der Waals surface area contributed by atoms with Crippen molar-refractivity contribution in [2.24, 2.45) is 0 Å². The van der Waals surface area contributed by atoms with Crippen molar-refractivity contribution in [2.75, 3.05) is 26.7 Å². The molecule has 1 atom stereocenters. The maximum atomic E-state index is 11.8. The summed E-state index contributed by atoms with van der Waals surface area (Å²) in [6.07, 6.45) is 6.01. The molecule has 0 bridgehead atoms. The highest BCUT2D eigenvalue weighted by atomic mass is 16.5. The van der Waals surface area contributed by atoms with Gasteiger partial charge in [-0.25, -0.2) is 0 Å². The van der Waals surface area contributed by atoms with Crippen LogP contribution in [0.4, 0.5) is 0 Å². The van der Waals surface area contributed by atoms with Gasteiger partial charge in [-0.2, -0.15) is 0 Å². The number of esters is 1. The van der Waals surface area contributed by atoms with Crippen LogP contribution >= 0.6 is 0 Å². The first-order chi connectivity index (χ1) is 8.72. The summed E-state index contributed by atoms with van der Waals surface area (Å²) in [5, 5.41) is 3.29. The maximum absolute atomic E-state index is 11.8. The number of ether oxygens (including phenoxy) is 1. The lowest BCUT2D eigenvalue weighted by atomic mass is 10.2. The summed E-state index contributed by atoms with van der Waals surface area (Å²) in [5.74, 6) is -0.134. The number of carbonyl (C=O) groups excluding carboxylic acids is 1. The number of nitrogens with one attached hydrogen (secondary N) is 1. The van der Waals surface area contributed by atoms with E-state index >= 15 is 0 Å². The summed E-state index contributed by atoms with van der Waals surface area (Å²) in [6, 6.07) is 0.527. The second-order valence-electron chi connectivity index (χ2n) is 5.11. The van der Waals surface area contributed by atoms with Crippen molar-refractivity contribution in [3.8, 4) is 0 Å². The van der Waals surface area contributed by atoms with Crippen LogP contribution in [0.25, 0.3) is 0 Å². The van der Waals surface area contributed by atoms with Gasteiger partial charge in [0.25, 0.3) is 0 Å². The highest BCUT2D eigenvalue weighted by Crippen LogP contribution is 2.27. The largest absolute Gasteiger partial charge is 0.468 e. The normalized spacial score (nSPS) is 16.9. The molecule has 1 rings (SSSR count). The van der Waals surface area contributed by atoms with Crippen molar-refractivity contribution >= 4 is 5.97 Å². The average molecular weight is 256 g/mol. The zero-order valence-electron chi connectivity index (χ0n) is 12.1. The first-order valence-corrected chi connectivity index (χ1v) is 7.28. The van der Waals surface area contributed by atoms with Crippen molar-refractivity contribution in [2.45, 2.75) is 58.0 Å². The molecule has 0 aromatic heterocycles. The van der Waals surface area contributed by atoms with E-state index < -0.39 is 0 Å². The van der Waals surface area contributed by atoms with E-state index in [1.807, 2.05) is 0 Å². The summed E-state index contributed by atoms with van der Waals surface area (Å²) in [7, 11) is 1.47. The van der Waals surface area contributed by atoms with Gasteiger partial charge in [-0.15, -0.1) is 0 Å². The van der Waals surface area contributed by atoms with Crippen LogP contribution in [0.15, 0.2) is 0 Å². The zero-order valence-corrected chi connectivity index (χ0v) is 12.1. The van der Waals surface area contributed by atoms with E-state index in [0.29, 0.717) is 6.04 Å². The predicted molar refractivity (Wildman–Crippen MR) is 73.6 cm³/mol. The molecule has 0 radical (unpaired) electrons. The van der Waals surface area contributed by atoms with Crippen LogP contribution in [0, 0.1) is 0 Å². The Kier molecular flexibility index (Phi) is 7.28. The number of rotatable bonds is 10. The average Bonchev–Trinajstić information content (AvgIpc) is 3.21. The van der Waals surface area contributed by atoms with E-state index in [1.165, 1.54) is 32.8 Å². The van der Waals surface area contributed by atoms with E-state index in [1.54, 1.807) is 0 Å². The van der Waals surface area contributed by atoms with Crippen molar-refractivity contribution in [3.05, 3.63) is 0 Å². The first kappa shape index (κ1) is 15.4. The minimum absolute atomic E-state index is 0.134. The van der Waals surface area contributed by atoms with Gasteiger partial charge in [0.1, 0.15) is 6.04 Å². The van der Waals surface area contributed by atoms with Crippen LogP contribution in [-0.4, -0.2) is 49.7 Å². The third-order valence-corrected chi connectivity index (χ3v) is 3.41. The van der Waals surface area contributed by atoms with Gasteiger partial charge in [-0.05, 0) is 38.8 Å². The van der Waals surface area contributed by atoms with Gasteiger partial charge >= 0.3 is 5.97 Å². The molecule has 1 fully saturated rings. The summed E-state index contributed by atoms with van der Waals surface area (Å²) in [5.41, 5.74) is 0. The van der Waals surface area contributed by atoms with Crippen LogP contribution in [0.3, 0.4) is 0 Å². The molecule has 1 aliphatic rings. The summed E-state index contributed by atoms with van der Waals surface area (Å²) < 4.78 is 4.89. The topological polar surface area (TPSA) is 41.6 Å². The Morgan fingerprint density at radius 2 is 2.11 bits per heavy atom. The lowest BCUT2D eigenvalue weighted by Gasteiger charge is -2.26. The highest BCUT2D eigenvalue weighted by Gasteiger charge is 2.32. The lowest BCUT2D eigenvalue weighted by molar-refractivity contribution is -0.143. The third-order valence-electron chi connectivity index (χ3n) is 3.41. The first-order valence-electron chi connectivity index (χ1n) is 7.28. The molecular weight excluding hydrogens is 228 g/mol. The molecule has 1 N–H and O–H groups in total. The van der Waals surface area contributed by atoms with Crippen LogP contribution in [0.2, 0.25) is 0 Å². The van der Waals surface area contributed by atoms with E-state index in [4.69, 9.17) is 4.74 Å². The molecule has 0 saturated heterocycles. The molecule has 0 aromatic carbocycles. The molecule has 0 aliphatic heterocycles.